The largest absolute Gasteiger partial charge is 0.338 e. The van der Waals surface area contributed by atoms with Gasteiger partial charge in [0.2, 0.25) is 0 Å². The molecular formula is C23H24FN3O2S. The fourth-order valence-corrected chi connectivity index (χ4v) is 4.45. The molecule has 0 bridgehead atoms. The van der Waals surface area contributed by atoms with Crippen molar-refractivity contribution < 1.29 is 9.18 Å². The monoisotopic (exact) mass is 425 g/mol. The Kier molecular flexibility index (Phi) is 5.32. The number of carbonyl (C=O) groups excluding carboxylic acids is 1. The van der Waals surface area contributed by atoms with Gasteiger partial charge in [0.1, 0.15) is 5.82 Å². The maximum Gasteiger partial charge on any atom is 0.266 e. The molecule has 156 valence electrons. The van der Waals surface area contributed by atoms with Crippen molar-refractivity contribution in [2.45, 2.75) is 33.1 Å². The number of nitrogens with zero attached hydrogens (tertiary/aromatic N) is 2. The van der Waals surface area contributed by atoms with Crippen LogP contribution >= 0.6 is 12.2 Å². The van der Waals surface area contributed by atoms with Gasteiger partial charge in [-0.05, 0) is 67.2 Å². The van der Waals surface area contributed by atoms with Gasteiger partial charge in [0, 0.05) is 18.7 Å². The van der Waals surface area contributed by atoms with Crippen LogP contribution in [0.25, 0.3) is 16.6 Å². The SMILES string of the molecule is CC[C@]1(C)CCCN(C(=O)c2ccc3c(=O)n(-c4ccccc4F)c(=S)[nH]c3c2)C1. The number of hydrogen-bond donors (Lipinski definition) is 1. The van der Waals surface area contributed by atoms with E-state index in [-0.39, 0.29) is 21.8 Å². The Hall–Kier alpha value is -2.80. The summed E-state index contributed by atoms with van der Waals surface area (Å²) in [5.74, 6) is -0.580. The molecule has 3 aromatic rings. The van der Waals surface area contributed by atoms with E-state index in [1.54, 1.807) is 30.3 Å². The summed E-state index contributed by atoms with van der Waals surface area (Å²) in [5.41, 5.74) is 0.792. The second-order valence-electron chi connectivity index (χ2n) is 8.28. The molecule has 1 N–H and O–H groups in total. The molecule has 1 fully saturated rings. The smallest absolute Gasteiger partial charge is 0.266 e. The van der Waals surface area contributed by atoms with Gasteiger partial charge in [0.15, 0.2) is 4.77 Å². The zero-order valence-electron chi connectivity index (χ0n) is 17.1. The first-order valence-corrected chi connectivity index (χ1v) is 10.6. The number of halogens is 1. The van der Waals surface area contributed by atoms with E-state index in [1.807, 2.05) is 4.90 Å². The van der Waals surface area contributed by atoms with Crippen LogP contribution in [0.2, 0.25) is 0 Å². The summed E-state index contributed by atoms with van der Waals surface area (Å²) in [5, 5.41) is 0.348. The lowest BCUT2D eigenvalue weighted by Crippen LogP contribution is -2.44. The van der Waals surface area contributed by atoms with Crippen LogP contribution in [-0.4, -0.2) is 33.4 Å². The molecule has 1 aliphatic heterocycles. The average molecular weight is 426 g/mol. The predicted octanol–water partition coefficient (Wildman–Crippen LogP) is 4.84. The lowest BCUT2D eigenvalue weighted by Gasteiger charge is -2.40. The van der Waals surface area contributed by atoms with Crippen molar-refractivity contribution in [1.29, 1.82) is 0 Å². The third-order valence-corrected chi connectivity index (χ3v) is 6.44. The number of aromatic amines is 1. The molecule has 5 nitrogen and oxygen atoms in total. The zero-order chi connectivity index (χ0) is 21.5. The Bertz CT molecular complexity index is 1250. The molecule has 0 unspecified atom stereocenters. The van der Waals surface area contributed by atoms with Crippen molar-refractivity contribution in [3.8, 4) is 5.69 Å². The minimum atomic E-state index is -0.533. The predicted molar refractivity (Wildman–Crippen MR) is 118 cm³/mol. The number of H-pyrrole nitrogens is 1. The summed E-state index contributed by atoms with van der Waals surface area (Å²) in [6.45, 7) is 5.84. The topological polar surface area (TPSA) is 58.1 Å². The number of piperidine rings is 1. The average Bonchev–Trinajstić information content (AvgIpc) is 2.74. The number of rotatable bonds is 3. The number of hydrogen-bond acceptors (Lipinski definition) is 3. The van der Waals surface area contributed by atoms with Crippen LogP contribution in [-0.2, 0) is 0 Å². The lowest BCUT2D eigenvalue weighted by atomic mass is 9.79. The van der Waals surface area contributed by atoms with E-state index in [9.17, 15) is 14.0 Å². The summed E-state index contributed by atoms with van der Waals surface area (Å²) in [6, 6.07) is 10.9. The molecule has 1 atom stereocenters. The molecule has 1 saturated heterocycles. The Morgan fingerprint density at radius 3 is 2.77 bits per heavy atom. The highest BCUT2D eigenvalue weighted by Gasteiger charge is 2.32. The summed E-state index contributed by atoms with van der Waals surface area (Å²) in [6.07, 6.45) is 3.13. The number of likely N-dealkylation sites (tertiary alicyclic amines) is 1. The van der Waals surface area contributed by atoms with Gasteiger partial charge in [-0.1, -0.05) is 26.0 Å². The number of aromatic nitrogens is 2. The highest BCUT2D eigenvalue weighted by molar-refractivity contribution is 7.71. The molecule has 2 heterocycles. The van der Waals surface area contributed by atoms with Crippen molar-refractivity contribution in [3.63, 3.8) is 0 Å². The van der Waals surface area contributed by atoms with Crippen molar-refractivity contribution in [1.82, 2.24) is 14.5 Å². The summed E-state index contributed by atoms with van der Waals surface area (Å²) in [4.78, 5) is 31.0. The van der Waals surface area contributed by atoms with Crippen LogP contribution < -0.4 is 5.56 Å². The van der Waals surface area contributed by atoms with Gasteiger partial charge < -0.3 is 9.88 Å². The van der Waals surface area contributed by atoms with Crippen molar-refractivity contribution in [2.75, 3.05) is 13.1 Å². The van der Waals surface area contributed by atoms with Crippen molar-refractivity contribution in [3.05, 3.63) is 69.0 Å². The van der Waals surface area contributed by atoms with Gasteiger partial charge in [-0.2, -0.15) is 0 Å². The molecule has 0 spiro atoms. The Balaban J connectivity index is 1.75. The fraction of sp³-hybridized carbons (Fsp3) is 0.348. The third-order valence-electron chi connectivity index (χ3n) is 6.16. The van der Waals surface area contributed by atoms with Gasteiger partial charge in [0.25, 0.3) is 11.5 Å². The second-order valence-corrected chi connectivity index (χ2v) is 8.66. The fourth-order valence-electron chi connectivity index (χ4n) is 4.16. The molecule has 0 radical (unpaired) electrons. The molecule has 4 rings (SSSR count). The molecule has 30 heavy (non-hydrogen) atoms. The Morgan fingerprint density at radius 2 is 2.03 bits per heavy atom. The van der Waals surface area contributed by atoms with Crippen LogP contribution in [0.5, 0.6) is 0 Å². The Labute approximate surface area is 179 Å². The van der Waals surface area contributed by atoms with E-state index in [0.29, 0.717) is 16.5 Å². The molecule has 1 aromatic heterocycles. The van der Waals surface area contributed by atoms with Crippen LogP contribution in [0.4, 0.5) is 4.39 Å². The quantitative estimate of drug-likeness (QED) is 0.611. The molecular weight excluding hydrogens is 401 g/mol. The van der Waals surface area contributed by atoms with E-state index < -0.39 is 11.4 Å². The van der Waals surface area contributed by atoms with E-state index in [2.05, 4.69) is 18.8 Å². The maximum atomic E-state index is 14.2. The van der Waals surface area contributed by atoms with Gasteiger partial charge >= 0.3 is 0 Å². The Morgan fingerprint density at radius 1 is 1.27 bits per heavy atom. The minimum absolute atomic E-state index is 0.0473. The van der Waals surface area contributed by atoms with Crippen molar-refractivity contribution >= 4 is 29.0 Å². The zero-order valence-corrected chi connectivity index (χ0v) is 17.9. The van der Waals surface area contributed by atoms with Crippen LogP contribution in [0.3, 0.4) is 0 Å². The van der Waals surface area contributed by atoms with Gasteiger partial charge in [-0.15, -0.1) is 0 Å². The third kappa shape index (κ3) is 3.58. The van der Waals surface area contributed by atoms with E-state index in [4.69, 9.17) is 12.2 Å². The van der Waals surface area contributed by atoms with E-state index >= 15 is 0 Å². The highest BCUT2D eigenvalue weighted by atomic mass is 32.1. The summed E-state index contributed by atoms with van der Waals surface area (Å²) >= 11 is 5.33. The minimum Gasteiger partial charge on any atom is -0.338 e. The molecule has 1 aliphatic rings. The van der Waals surface area contributed by atoms with E-state index in [0.717, 1.165) is 36.9 Å². The number of para-hydroxylation sites is 1. The van der Waals surface area contributed by atoms with Gasteiger partial charge in [0.05, 0.1) is 16.6 Å². The molecule has 0 saturated carbocycles. The van der Waals surface area contributed by atoms with Crippen LogP contribution in [0, 0.1) is 16.0 Å². The summed E-state index contributed by atoms with van der Waals surface area (Å²) < 4.78 is 15.5. The van der Waals surface area contributed by atoms with Gasteiger partial charge in [-0.3, -0.25) is 9.59 Å². The van der Waals surface area contributed by atoms with Crippen molar-refractivity contribution in [2.24, 2.45) is 5.41 Å². The first kappa shape index (κ1) is 20.5. The number of amides is 1. The number of carbonyl (C=O) groups is 1. The first-order chi connectivity index (χ1) is 14.3. The van der Waals surface area contributed by atoms with Crippen LogP contribution in [0.1, 0.15) is 43.5 Å². The molecule has 0 aliphatic carbocycles. The van der Waals surface area contributed by atoms with Gasteiger partial charge in [-0.25, -0.2) is 8.96 Å². The normalized spacial score (nSPS) is 19.2. The standard InChI is InChI=1S/C23H24FN3O2S/c1-3-23(2)11-6-12-26(14-23)20(28)15-9-10-16-18(13-15)25-22(30)27(21(16)29)19-8-5-4-7-17(19)24/h4-5,7-10,13H,3,6,11-12,14H2,1-2H3,(H,25,30)/t23-/m1/s1. The molecule has 2 aromatic carbocycles. The molecule has 1 amide bonds. The number of nitrogens with one attached hydrogen (secondary N) is 1. The van der Waals surface area contributed by atoms with E-state index in [1.165, 1.54) is 12.1 Å². The maximum absolute atomic E-state index is 14.2. The number of benzene rings is 2. The van der Waals surface area contributed by atoms with Crippen LogP contribution in [0.15, 0.2) is 47.3 Å². The number of fused-ring (bicyclic) bond motifs is 1. The lowest BCUT2D eigenvalue weighted by molar-refractivity contribution is 0.0543. The summed E-state index contributed by atoms with van der Waals surface area (Å²) in [7, 11) is 0. The molecule has 7 heteroatoms. The second kappa shape index (κ2) is 7.80. The highest BCUT2D eigenvalue weighted by Crippen LogP contribution is 2.33. The first-order valence-electron chi connectivity index (χ1n) is 10.2.